The van der Waals surface area contributed by atoms with Crippen molar-refractivity contribution in [2.24, 2.45) is 0 Å². The molecule has 1 amide bonds. The number of carbonyl (C=O) groups is 2. The fraction of sp³-hybridized carbons (Fsp3) is 0.0645. The van der Waals surface area contributed by atoms with Gasteiger partial charge in [0.2, 0.25) is 0 Å². The van der Waals surface area contributed by atoms with Gasteiger partial charge < -0.3 is 15.2 Å². The molecular formula is C31H25N5O4. The zero-order chi connectivity index (χ0) is 27.7. The summed E-state index contributed by atoms with van der Waals surface area (Å²) in [6.07, 6.45) is 2.01. The lowest BCUT2D eigenvalue weighted by Gasteiger charge is -2.14. The van der Waals surface area contributed by atoms with Crippen LogP contribution in [0.4, 0.5) is 10.6 Å². The highest BCUT2D eigenvalue weighted by Crippen LogP contribution is 2.32. The lowest BCUT2D eigenvalue weighted by Crippen LogP contribution is -2.28. The highest BCUT2D eigenvalue weighted by atomic mass is 16.5. The van der Waals surface area contributed by atoms with Crippen LogP contribution in [0.15, 0.2) is 109 Å². The first-order valence-corrected chi connectivity index (χ1v) is 12.5. The van der Waals surface area contributed by atoms with Crippen LogP contribution >= 0.6 is 0 Å². The molecule has 0 aliphatic carbocycles. The first kappa shape index (κ1) is 26.1. The first-order valence-electron chi connectivity index (χ1n) is 12.5. The molecule has 3 N–H and O–H groups in total. The Labute approximate surface area is 230 Å². The molecule has 2 heterocycles. The van der Waals surface area contributed by atoms with Gasteiger partial charge in [-0.15, -0.1) is 0 Å². The average Bonchev–Trinajstić information content (AvgIpc) is 2.99. The van der Waals surface area contributed by atoms with Crippen molar-refractivity contribution in [3.63, 3.8) is 0 Å². The highest BCUT2D eigenvalue weighted by Gasteiger charge is 2.17. The number of carbonyl (C=O) groups excluding carboxylic acids is 1. The van der Waals surface area contributed by atoms with Crippen molar-refractivity contribution >= 4 is 34.9 Å². The minimum Gasteiger partial charge on any atom is -0.477 e. The van der Waals surface area contributed by atoms with Crippen LogP contribution in [-0.2, 0) is 22.7 Å². The normalized spacial score (nSPS) is 11.2. The summed E-state index contributed by atoms with van der Waals surface area (Å²) in [5.74, 6) is -0.763. The number of nitrogens with one attached hydrogen (secondary N) is 2. The molecule has 9 nitrogen and oxygen atoms in total. The van der Waals surface area contributed by atoms with Crippen LogP contribution in [0.3, 0.4) is 0 Å². The number of nitrogens with zero attached hydrogens (tertiary/aromatic N) is 3. The molecule has 0 aliphatic rings. The summed E-state index contributed by atoms with van der Waals surface area (Å²) >= 11 is 0. The molecule has 0 radical (unpaired) electrons. The van der Waals surface area contributed by atoms with E-state index in [9.17, 15) is 14.7 Å². The van der Waals surface area contributed by atoms with Crippen LogP contribution < -0.4 is 10.6 Å². The number of ether oxygens (including phenoxy) is 1. The number of anilines is 1. The summed E-state index contributed by atoms with van der Waals surface area (Å²) < 4.78 is 5.18. The van der Waals surface area contributed by atoms with Crippen molar-refractivity contribution in [1.82, 2.24) is 20.3 Å². The van der Waals surface area contributed by atoms with Crippen LogP contribution in [0, 0.1) is 0 Å². The molecule has 0 atom stereocenters. The third-order valence-corrected chi connectivity index (χ3v) is 5.94. The Morgan fingerprint density at radius 3 is 2.33 bits per heavy atom. The van der Waals surface area contributed by atoms with Crippen LogP contribution in [0.2, 0.25) is 0 Å². The number of aromatic nitrogens is 3. The molecule has 2 aromatic heterocycles. The number of aliphatic carboxylic acids is 1. The summed E-state index contributed by atoms with van der Waals surface area (Å²) in [6, 6.07) is 30.2. The van der Waals surface area contributed by atoms with Crippen LogP contribution in [0.5, 0.6) is 0 Å². The second kappa shape index (κ2) is 12.3. The highest BCUT2D eigenvalue weighted by molar-refractivity contribution is 6.02. The van der Waals surface area contributed by atoms with Crippen molar-refractivity contribution < 1.29 is 19.4 Å². The standard InChI is InChI=1S/C31H25N5O4/c37-30(38)26(35-31(39)40-20-21-10-3-1-4-11-21)18-27-34-25-16-9-15-24(22-12-5-2-6-13-22)28(25)29(36-27)33-19-23-14-7-8-17-32-23/h1-18H,19-20H2,(H,35,39)(H,37,38)(H,33,34,36). The summed E-state index contributed by atoms with van der Waals surface area (Å²) in [6.45, 7) is 0.380. The molecule has 5 aromatic rings. The van der Waals surface area contributed by atoms with E-state index in [1.54, 1.807) is 18.3 Å². The van der Waals surface area contributed by atoms with E-state index in [0.29, 0.717) is 17.9 Å². The predicted octanol–water partition coefficient (Wildman–Crippen LogP) is 5.66. The number of carboxylic acids is 1. The molecule has 5 rings (SSSR count). The van der Waals surface area contributed by atoms with Crippen LogP contribution in [0.25, 0.3) is 28.1 Å². The van der Waals surface area contributed by atoms with Gasteiger partial charge in [0.25, 0.3) is 0 Å². The van der Waals surface area contributed by atoms with Crippen molar-refractivity contribution in [2.75, 3.05) is 5.32 Å². The quantitative estimate of drug-likeness (QED) is 0.208. The molecule has 0 spiro atoms. The Balaban J connectivity index is 1.49. The zero-order valence-electron chi connectivity index (χ0n) is 21.3. The molecule has 40 heavy (non-hydrogen) atoms. The van der Waals surface area contributed by atoms with Gasteiger partial charge in [-0.05, 0) is 34.9 Å². The monoisotopic (exact) mass is 531 g/mol. The van der Waals surface area contributed by atoms with E-state index < -0.39 is 17.8 Å². The molecule has 0 saturated carbocycles. The third kappa shape index (κ3) is 6.46. The largest absolute Gasteiger partial charge is 0.477 e. The van der Waals surface area contributed by atoms with Crippen LogP contribution in [0.1, 0.15) is 17.1 Å². The Morgan fingerprint density at radius 1 is 0.850 bits per heavy atom. The average molecular weight is 532 g/mol. The predicted molar refractivity (Wildman–Crippen MR) is 152 cm³/mol. The number of benzene rings is 3. The van der Waals surface area contributed by atoms with E-state index in [-0.39, 0.29) is 12.4 Å². The molecular weight excluding hydrogens is 506 g/mol. The lowest BCUT2D eigenvalue weighted by molar-refractivity contribution is -0.132. The number of hydrogen-bond donors (Lipinski definition) is 3. The molecule has 0 unspecified atom stereocenters. The van der Waals surface area contributed by atoms with Crippen LogP contribution in [-0.4, -0.2) is 32.1 Å². The van der Waals surface area contributed by atoms with E-state index >= 15 is 0 Å². The molecule has 9 heteroatoms. The summed E-state index contributed by atoms with van der Waals surface area (Å²) in [7, 11) is 0. The maximum absolute atomic E-state index is 12.4. The minimum absolute atomic E-state index is 0.00407. The maximum Gasteiger partial charge on any atom is 0.412 e. The lowest BCUT2D eigenvalue weighted by atomic mass is 10.0. The molecule has 0 fully saturated rings. The second-order valence-corrected chi connectivity index (χ2v) is 8.72. The fourth-order valence-corrected chi connectivity index (χ4v) is 4.08. The van der Waals surface area contributed by atoms with Gasteiger partial charge in [0.1, 0.15) is 18.1 Å². The number of fused-ring (bicyclic) bond motifs is 1. The SMILES string of the molecule is O=C(NC(=Cc1nc(NCc2ccccn2)c2c(-c3ccccc3)cccc2n1)C(=O)O)OCc1ccccc1. The summed E-state index contributed by atoms with van der Waals surface area (Å²) in [5, 5.41) is 16.2. The van der Waals surface area contributed by atoms with Gasteiger partial charge in [-0.3, -0.25) is 10.3 Å². The van der Waals surface area contributed by atoms with Gasteiger partial charge in [0, 0.05) is 12.3 Å². The van der Waals surface area contributed by atoms with E-state index in [0.717, 1.165) is 27.8 Å². The van der Waals surface area contributed by atoms with Gasteiger partial charge in [0.05, 0.1) is 23.1 Å². The minimum atomic E-state index is -1.36. The number of hydrogen-bond acceptors (Lipinski definition) is 7. The van der Waals surface area contributed by atoms with E-state index in [2.05, 4.69) is 25.6 Å². The van der Waals surface area contributed by atoms with Gasteiger partial charge in [-0.2, -0.15) is 0 Å². The van der Waals surface area contributed by atoms with E-state index in [4.69, 9.17) is 4.74 Å². The van der Waals surface area contributed by atoms with Crippen molar-refractivity contribution in [3.05, 3.63) is 126 Å². The molecule has 3 aromatic carbocycles. The number of rotatable bonds is 9. The van der Waals surface area contributed by atoms with Gasteiger partial charge in [0.15, 0.2) is 5.82 Å². The fourth-order valence-electron chi connectivity index (χ4n) is 4.08. The smallest absolute Gasteiger partial charge is 0.412 e. The van der Waals surface area contributed by atoms with Gasteiger partial charge >= 0.3 is 12.1 Å². The maximum atomic E-state index is 12.4. The Hall–Kier alpha value is -5.57. The number of alkyl carbamates (subject to hydrolysis) is 1. The first-order chi connectivity index (χ1) is 19.6. The van der Waals surface area contributed by atoms with Gasteiger partial charge in [-0.1, -0.05) is 78.9 Å². The van der Waals surface area contributed by atoms with E-state index in [1.165, 1.54) is 6.08 Å². The van der Waals surface area contributed by atoms with Crippen molar-refractivity contribution in [1.29, 1.82) is 0 Å². The Kier molecular flexibility index (Phi) is 8.02. The Morgan fingerprint density at radius 2 is 1.60 bits per heavy atom. The number of carboxylic acid groups (broad SMARTS) is 1. The molecule has 0 bridgehead atoms. The van der Waals surface area contributed by atoms with E-state index in [1.807, 2.05) is 84.9 Å². The number of pyridine rings is 1. The topological polar surface area (TPSA) is 126 Å². The summed E-state index contributed by atoms with van der Waals surface area (Å²) in [5.41, 5.74) is 3.65. The zero-order valence-corrected chi connectivity index (χ0v) is 21.3. The van der Waals surface area contributed by atoms with Crippen molar-refractivity contribution in [3.8, 4) is 11.1 Å². The van der Waals surface area contributed by atoms with Gasteiger partial charge in [-0.25, -0.2) is 19.6 Å². The summed E-state index contributed by atoms with van der Waals surface area (Å²) in [4.78, 5) is 38.0. The Bertz CT molecular complexity index is 1660. The van der Waals surface area contributed by atoms with Crippen molar-refractivity contribution in [2.45, 2.75) is 13.2 Å². The molecule has 198 valence electrons. The second-order valence-electron chi connectivity index (χ2n) is 8.72. The third-order valence-electron chi connectivity index (χ3n) is 5.94. The number of amides is 1. The molecule has 0 saturated heterocycles. The molecule has 0 aliphatic heterocycles.